The van der Waals surface area contributed by atoms with E-state index in [1.165, 1.54) is 13.2 Å². The van der Waals surface area contributed by atoms with E-state index in [1.54, 1.807) is 17.8 Å². The molecule has 1 aliphatic rings. The number of thioether (sulfide) groups is 1. The molecule has 2 aromatic carbocycles. The van der Waals surface area contributed by atoms with E-state index >= 15 is 0 Å². The fourth-order valence-electron chi connectivity index (χ4n) is 2.81. The third-order valence-corrected chi connectivity index (χ3v) is 4.86. The van der Waals surface area contributed by atoms with Crippen molar-refractivity contribution in [3.05, 3.63) is 47.5 Å². The Morgan fingerprint density at radius 3 is 2.41 bits per heavy atom. The largest absolute Gasteiger partial charge is 0.496 e. The van der Waals surface area contributed by atoms with Crippen molar-refractivity contribution in [2.45, 2.75) is 17.2 Å². The van der Waals surface area contributed by atoms with Crippen LogP contribution in [0.4, 0.5) is 13.2 Å². The summed E-state index contributed by atoms with van der Waals surface area (Å²) in [6.07, 6.45) is -4.43. The zero-order valence-electron chi connectivity index (χ0n) is 14.3. The molecule has 0 amide bonds. The van der Waals surface area contributed by atoms with E-state index < -0.39 is 23.8 Å². The van der Waals surface area contributed by atoms with Crippen LogP contribution in [-0.2, 0) is 4.79 Å². The minimum absolute atomic E-state index is 0.0799. The molecule has 8 heteroatoms. The van der Waals surface area contributed by atoms with Gasteiger partial charge in [0.25, 0.3) is 0 Å². The second-order valence-electron chi connectivity index (χ2n) is 5.76. The second kappa shape index (κ2) is 7.19. The number of alkyl halides is 3. The first-order chi connectivity index (χ1) is 12.7. The Hall–Kier alpha value is -2.61. The summed E-state index contributed by atoms with van der Waals surface area (Å²) in [6.45, 7) is 0. The van der Waals surface area contributed by atoms with Gasteiger partial charge in [-0.3, -0.25) is 0 Å². The normalized spacial score (nSPS) is 16.2. The van der Waals surface area contributed by atoms with E-state index in [0.29, 0.717) is 11.3 Å². The summed E-state index contributed by atoms with van der Waals surface area (Å²) in [5.41, 5.74) is 0.802. The van der Waals surface area contributed by atoms with Crippen LogP contribution in [0.5, 0.6) is 11.5 Å². The first-order valence-electron chi connectivity index (χ1n) is 7.79. The standard InChI is InChI=1S/C19H15F3O4S/c1-25-16-9-15-11(7-13(16)10-3-5-12(27-2)6-4-10)8-14(18(23)24)17(26-15)19(20,21)22/h3-9,17H,1-2H3,(H,23,24). The summed E-state index contributed by atoms with van der Waals surface area (Å²) in [5, 5.41) is 9.17. The zero-order valence-corrected chi connectivity index (χ0v) is 15.1. The highest BCUT2D eigenvalue weighted by Gasteiger charge is 2.48. The molecule has 1 atom stereocenters. The highest BCUT2D eigenvalue weighted by atomic mass is 32.2. The van der Waals surface area contributed by atoms with Gasteiger partial charge < -0.3 is 14.6 Å². The lowest BCUT2D eigenvalue weighted by molar-refractivity contribution is -0.187. The summed E-state index contributed by atoms with van der Waals surface area (Å²) >= 11 is 1.58. The number of carboxylic acids is 1. The predicted molar refractivity (Wildman–Crippen MR) is 96.3 cm³/mol. The molecule has 0 aromatic heterocycles. The predicted octanol–water partition coefficient (Wildman–Crippen LogP) is 4.88. The number of benzene rings is 2. The fraction of sp³-hybridized carbons (Fsp3) is 0.211. The van der Waals surface area contributed by atoms with E-state index in [0.717, 1.165) is 16.5 Å². The average molecular weight is 396 g/mol. The molecule has 4 nitrogen and oxygen atoms in total. The molecule has 0 saturated carbocycles. The number of halogens is 3. The molecule has 1 N–H and O–H groups in total. The van der Waals surface area contributed by atoms with Crippen LogP contribution in [0.25, 0.3) is 17.2 Å². The van der Waals surface area contributed by atoms with Crippen LogP contribution in [0.1, 0.15) is 5.56 Å². The van der Waals surface area contributed by atoms with Crippen molar-refractivity contribution < 1.29 is 32.5 Å². The molecule has 0 radical (unpaired) electrons. The van der Waals surface area contributed by atoms with Crippen LogP contribution in [0.2, 0.25) is 0 Å². The minimum atomic E-state index is -4.85. The topological polar surface area (TPSA) is 55.8 Å². The Balaban J connectivity index is 2.13. The maximum Gasteiger partial charge on any atom is 0.430 e. The molecule has 3 rings (SSSR count). The molecule has 0 bridgehead atoms. The lowest BCUT2D eigenvalue weighted by Crippen LogP contribution is -2.40. The summed E-state index contributed by atoms with van der Waals surface area (Å²) < 4.78 is 49.8. The smallest absolute Gasteiger partial charge is 0.430 e. The molecule has 2 aromatic rings. The Morgan fingerprint density at radius 1 is 1.22 bits per heavy atom. The van der Waals surface area contributed by atoms with Gasteiger partial charge in [0.05, 0.1) is 12.7 Å². The van der Waals surface area contributed by atoms with Gasteiger partial charge >= 0.3 is 12.1 Å². The molecule has 27 heavy (non-hydrogen) atoms. The highest BCUT2D eigenvalue weighted by Crippen LogP contribution is 2.43. The third-order valence-electron chi connectivity index (χ3n) is 4.12. The summed E-state index contributed by atoms with van der Waals surface area (Å²) in [4.78, 5) is 12.4. The van der Waals surface area contributed by atoms with E-state index in [9.17, 15) is 18.0 Å². The van der Waals surface area contributed by atoms with Gasteiger partial charge in [-0.25, -0.2) is 4.79 Å². The van der Waals surface area contributed by atoms with Crippen LogP contribution >= 0.6 is 11.8 Å². The maximum atomic E-state index is 13.2. The first-order valence-corrected chi connectivity index (χ1v) is 9.01. The van der Waals surface area contributed by atoms with Crippen LogP contribution < -0.4 is 9.47 Å². The Kier molecular flexibility index (Phi) is 5.10. The highest BCUT2D eigenvalue weighted by molar-refractivity contribution is 7.98. The monoisotopic (exact) mass is 396 g/mol. The molecule has 1 heterocycles. The van der Waals surface area contributed by atoms with Crippen LogP contribution in [0.15, 0.2) is 46.9 Å². The Bertz CT molecular complexity index is 904. The van der Waals surface area contributed by atoms with Gasteiger partial charge in [-0.15, -0.1) is 11.8 Å². The Morgan fingerprint density at radius 2 is 1.89 bits per heavy atom. The van der Waals surface area contributed by atoms with Gasteiger partial charge in [-0.05, 0) is 36.1 Å². The van der Waals surface area contributed by atoms with Crippen LogP contribution in [-0.4, -0.2) is 36.7 Å². The van der Waals surface area contributed by atoms with E-state index in [4.69, 9.17) is 14.6 Å². The number of carbonyl (C=O) groups is 1. The summed E-state index contributed by atoms with van der Waals surface area (Å²) in [6, 6.07) is 10.5. The van der Waals surface area contributed by atoms with Gasteiger partial charge in [0, 0.05) is 22.1 Å². The van der Waals surface area contributed by atoms with Gasteiger partial charge in [-0.2, -0.15) is 13.2 Å². The van der Waals surface area contributed by atoms with Crippen molar-refractivity contribution in [2.24, 2.45) is 0 Å². The maximum absolute atomic E-state index is 13.2. The SMILES string of the molecule is COc1cc2c(cc1-c1ccc(SC)cc1)C=C(C(=O)O)C(C(F)(F)F)O2. The number of rotatable bonds is 4. The lowest BCUT2D eigenvalue weighted by atomic mass is 9.96. The molecule has 0 spiro atoms. The van der Waals surface area contributed by atoms with Crippen molar-refractivity contribution in [3.63, 3.8) is 0 Å². The number of ether oxygens (including phenoxy) is 2. The Labute approximate surface area is 157 Å². The van der Waals surface area contributed by atoms with E-state index in [2.05, 4.69) is 0 Å². The van der Waals surface area contributed by atoms with Crippen molar-refractivity contribution in [3.8, 4) is 22.6 Å². The number of hydrogen-bond acceptors (Lipinski definition) is 4. The van der Waals surface area contributed by atoms with Crippen molar-refractivity contribution in [1.82, 2.24) is 0 Å². The van der Waals surface area contributed by atoms with Crippen molar-refractivity contribution >= 4 is 23.8 Å². The second-order valence-corrected chi connectivity index (χ2v) is 6.64. The van der Waals surface area contributed by atoms with E-state index in [1.807, 2.05) is 30.5 Å². The van der Waals surface area contributed by atoms with Crippen LogP contribution in [0.3, 0.4) is 0 Å². The summed E-state index contributed by atoms with van der Waals surface area (Å²) in [7, 11) is 1.41. The summed E-state index contributed by atoms with van der Waals surface area (Å²) in [5.74, 6) is -1.42. The molecule has 0 fully saturated rings. The first kappa shape index (κ1) is 19.2. The lowest BCUT2D eigenvalue weighted by Gasteiger charge is -2.27. The molecule has 142 valence electrons. The van der Waals surface area contributed by atoms with E-state index in [-0.39, 0.29) is 11.3 Å². The van der Waals surface area contributed by atoms with Crippen LogP contribution in [0, 0.1) is 0 Å². The number of carboxylic acid groups (broad SMARTS) is 1. The quantitative estimate of drug-likeness (QED) is 0.747. The molecule has 0 saturated heterocycles. The number of methoxy groups -OCH3 is 1. The molecule has 0 aliphatic carbocycles. The number of hydrogen-bond donors (Lipinski definition) is 1. The molecular weight excluding hydrogens is 381 g/mol. The van der Waals surface area contributed by atoms with Gasteiger partial charge in [0.15, 0.2) is 0 Å². The van der Waals surface area contributed by atoms with Crippen molar-refractivity contribution in [1.29, 1.82) is 0 Å². The number of fused-ring (bicyclic) bond motifs is 1. The van der Waals surface area contributed by atoms with Crippen molar-refractivity contribution in [2.75, 3.05) is 13.4 Å². The van der Waals surface area contributed by atoms with Gasteiger partial charge in [0.2, 0.25) is 6.10 Å². The van der Waals surface area contributed by atoms with Gasteiger partial charge in [-0.1, -0.05) is 12.1 Å². The van der Waals surface area contributed by atoms with Gasteiger partial charge in [0.1, 0.15) is 11.5 Å². The average Bonchev–Trinajstić information content (AvgIpc) is 2.65. The third kappa shape index (κ3) is 3.75. The fourth-order valence-corrected chi connectivity index (χ4v) is 3.22. The molecule has 1 aliphatic heterocycles. The minimum Gasteiger partial charge on any atom is -0.496 e. The zero-order chi connectivity index (χ0) is 19.8. The number of aliphatic carboxylic acids is 1. The molecular formula is C19H15F3O4S. The molecule has 1 unspecified atom stereocenters.